The number of hydrogen-bond donors (Lipinski definition) is 1. The average molecular weight is 174 g/mol. The minimum Gasteiger partial charge on any atom is -0.140 e. The summed E-state index contributed by atoms with van der Waals surface area (Å²) in [7, 11) is 0. The third-order valence-electron chi connectivity index (χ3n) is 0. The van der Waals surface area contributed by atoms with Crippen LogP contribution in [0, 0.1) is 0 Å². The van der Waals surface area contributed by atoms with Crippen molar-refractivity contribution in [3.05, 3.63) is 0 Å². The zero-order chi connectivity index (χ0) is 2.71. The summed E-state index contributed by atoms with van der Waals surface area (Å²) in [5.41, 5.74) is 0. The van der Waals surface area contributed by atoms with E-state index in [4.69, 9.17) is 0 Å². The monoisotopic (exact) mass is 176 g/mol. The van der Waals surface area contributed by atoms with Crippen molar-refractivity contribution < 1.29 is 21.1 Å². The first kappa shape index (κ1) is 8.93. The second-order valence-corrected chi connectivity index (χ2v) is 0.949. The maximum Gasteiger partial charge on any atom is 0.0310 e. The summed E-state index contributed by atoms with van der Waals surface area (Å²) < 4.78 is 1.28. The van der Waals surface area contributed by atoms with Gasteiger partial charge in [-0.25, -0.2) is 0 Å². The Labute approximate surface area is 50.6 Å². The van der Waals surface area contributed by atoms with Crippen LogP contribution in [0.5, 0.6) is 0 Å². The van der Waals surface area contributed by atoms with Gasteiger partial charge in [0.05, 0.1) is 0 Å². The van der Waals surface area contributed by atoms with E-state index >= 15 is 0 Å². The van der Waals surface area contributed by atoms with Gasteiger partial charge in [0.25, 0.3) is 0 Å². The first-order chi connectivity index (χ1) is 1.41. The number of rotatable bonds is 0. The molecular formula is CH2MoS2. The van der Waals surface area contributed by atoms with Gasteiger partial charge in [-0.2, -0.15) is 0 Å². The predicted octanol–water partition coefficient (Wildman–Crippen LogP) is 0.871. The van der Waals surface area contributed by atoms with Crippen molar-refractivity contribution in [1.82, 2.24) is 0 Å². The molecule has 0 nitrogen and oxygen atoms in total. The fourth-order valence-electron chi connectivity index (χ4n) is 0. The molecular weight excluding hydrogens is 172 g/mol. The summed E-state index contributed by atoms with van der Waals surface area (Å²) in [6.07, 6.45) is 0. The summed E-state index contributed by atoms with van der Waals surface area (Å²) >= 11 is 7.61. The molecule has 0 unspecified atom stereocenters. The zero-order valence-corrected chi connectivity index (χ0v) is 5.56. The first-order valence-corrected chi connectivity index (χ1v) is 1.48. The van der Waals surface area contributed by atoms with E-state index in [2.05, 4.69) is 24.8 Å². The normalized spacial score (nSPS) is 3.25. The Kier molecular flexibility index (Phi) is 19.9. The molecule has 0 heterocycles. The smallest absolute Gasteiger partial charge is 0.0310 e. The maximum atomic E-state index is 4.13. The topological polar surface area (TPSA) is 0 Å². The fourth-order valence-corrected chi connectivity index (χ4v) is 0. The molecule has 0 bridgehead atoms. The zero-order valence-electron chi connectivity index (χ0n) is 1.84. The minimum atomic E-state index is 0. The molecule has 0 aliphatic heterocycles. The van der Waals surface area contributed by atoms with Gasteiger partial charge in [0.15, 0.2) is 0 Å². The van der Waals surface area contributed by atoms with Crippen LogP contribution >= 0.6 is 24.8 Å². The molecule has 0 aromatic rings. The molecule has 0 aromatic heterocycles. The van der Waals surface area contributed by atoms with Gasteiger partial charge in [0.1, 0.15) is 0 Å². The van der Waals surface area contributed by atoms with E-state index in [-0.39, 0.29) is 21.1 Å². The molecule has 0 N–H and O–H groups in total. The molecule has 0 saturated heterocycles. The summed E-state index contributed by atoms with van der Waals surface area (Å²) in [6, 6.07) is 0. The number of thiol groups is 1. The van der Waals surface area contributed by atoms with Crippen molar-refractivity contribution in [2.75, 3.05) is 0 Å². The van der Waals surface area contributed by atoms with Gasteiger partial charge in [0.2, 0.25) is 0 Å². The Morgan fingerprint density at radius 1 is 1.75 bits per heavy atom. The Bertz CT molecular complexity index is 13.5. The standard InChI is InChI=1S/CH2S2.Mo/c2-1-3;/h1H,(H,2,3);. The Morgan fingerprint density at radius 2 is 1.75 bits per heavy atom. The van der Waals surface area contributed by atoms with E-state index in [1.807, 2.05) is 0 Å². The van der Waals surface area contributed by atoms with Crippen LogP contribution < -0.4 is 0 Å². The van der Waals surface area contributed by atoms with Crippen LogP contribution in [0.2, 0.25) is 0 Å². The van der Waals surface area contributed by atoms with Crippen LogP contribution in [0.25, 0.3) is 0 Å². The van der Waals surface area contributed by atoms with Crippen LogP contribution in [0.3, 0.4) is 0 Å². The first-order valence-electron chi connectivity index (χ1n) is 0.494. The van der Waals surface area contributed by atoms with Crippen LogP contribution in [0.1, 0.15) is 0 Å². The molecule has 0 amide bonds. The molecule has 3 heteroatoms. The molecule has 0 aliphatic rings. The van der Waals surface area contributed by atoms with Crippen molar-refractivity contribution in [1.29, 1.82) is 0 Å². The molecule has 0 saturated carbocycles. The Hall–Kier alpha value is 1.13. The summed E-state index contributed by atoms with van der Waals surface area (Å²) in [5, 5.41) is 0. The van der Waals surface area contributed by atoms with E-state index in [0.29, 0.717) is 0 Å². The third-order valence-corrected chi connectivity index (χ3v) is 0. The molecule has 0 radical (unpaired) electrons. The Morgan fingerprint density at radius 3 is 1.75 bits per heavy atom. The van der Waals surface area contributed by atoms with E-state index in [9.17, 15) is 0 Å². The summed E-state index contributed by atoms with van der Waals surface area (Å²) in [4.78, 5) is 0. The van der Waals surface area contributed by atoms with E-state index in [1.165, 1.54) is 4.70 Å². The van der Waals surface area contributed by atoms with Crippen molar-refractivity contribution in [3.8, 4) is 0 Å². The molecule has 0 aliphatic carbocycles. The average Bonchev–Trinajstić information content (AvgIpc) is 0.918. The van der Waals surface area contributed by atoms with E-state index in [0.717, 1.165) is 0 Å². The molecule has 4 heavy (non-hydrogen) atoms. The largest absolute Gasteiger partial charge is 0.140 e. The van der Waals surface area contributed by atoms with Crippen molar-refractivity contribution in [3.63, 3.8) is 0 Å². The summed E-state index contributed by atoms with van der Waals surface area (Å²) in [6.45, 7) is 0. The minimum absolute atomic E-state index is 0. The van der Waals surface area contributed by atoms with Crippen LogP contribution in [0.4, 0.5) is 0 Å². The SMILES string of the molecule is S=CS.[Mo]. The van der Waals surface area contributed by atoms with Gasteiger partial charge >= 0.3 is 0 Å². The van der Waals surface area contributed by atoms with E-state index in [1.54, 1.807) is 0 Å². The van der Waals surface area contributed by atoms with Gasteiger partial charge in [-0.3, -0.25) is 0 Å². The quantitative estimate of drug-likeness (QED) is 0.323. The van der Waals surface area contributed by atoms with Crippen LogP contribution in [0.15, 0.2) is 0 Å². The number of thiocarbonyl (C=S) groups is 1. The molecule has 0 atom stereocenters. The van der Waals surface area contributed by atoms with Gasteiger partial charge < -0.3 is 0 Å². The van der Waals surface area contributed by atoms with E-state index < -0.39 is 0 Å². The molecule has 24 valence electrons. The Balaban J connectivity index is 0. The van der Waals surface area contributed by atoms with Gasteiger partial charge in [-0.1, -0.05) is 12.2 Å². The maximum absolute atomic E-state index is 4.13. The fraction of sp³-hybridized carbons (Fsp3) is 0. The van der Waals surface area contributed by atoms with Crippen LogP contribution in [-0.4, -0.2) is 4.70 Å². The van der Waals surface area contributed by atoms with Gasteiger partial charge in [0, 0.05) is 25.8 Å². The van der Waals surface area contributed by atoms with Crippen molar-refractivity contribution in [2.24, 2.45) is 0 Å². The van der Waals surface area contributed by atoms with Crippen LogP contribution in [-0.2, 0) is 21.1 Å². The molecule has 0 rings (SSSR count). The second kappa shape index (κ2) is 8.92. The van der Waals surface area contributed by atoms with Gasteiger partial charge in [-0.15, -0.1) is 12.6 Å². The second-order valence-electron chi connectivity index (χ2n) is 0.105. The predicted molar refractivity (Wildman–Crippen MR) is 22.6 cm³/mol. The molecule has 0 aromatic carbocycles. The summed E-state index contributed by atoms with van der Waals surface area (Å²) in [5.74, 6) is 0. The van der Waals surface area contributed by atoms with Gasteiger partial charge in [-0.05, 0) is 0 Å². The molecule has 0 fully saturated rings. The number of hydrogen-bond acceptors (Lipinski definition) is 1. The van der Waals surface area contributed by atoms with Crippen molar-refractivity contribution >= 4 is 29.5 Å². The third kappa shape index (κ3) is 11.1. The molecule has 0 spiro atoms. The van der Waals surface area contributed by atoms with Crippen molar-refractivity contribution in [2.45, 2.75) is 0 Å².